The van der Waals surface area contributed by atoms with Gasteiger partial charge < -0.3 is 14.2 Å². The number of esters is 1. The summed E-state index contributed by atoms with van der Waals surface area (Å²) in [5, 5.41) is 0. The van der Waals surface area contributed by atoms with Crippen molar-refractivity contribution in [2.24, 2.45) is 0 Å². The SMILES string of the molecule is CC(C)c1cc(OCC(=O)OCc2ccccc2)cc2c1C(=O)N(COc1cc(=O)n3ccccc3n1)S2(=O)=O. The van der Waals surface area contributed by atoms with E-state index in [1.54, 1.807) is 32.0 Å². The third-order valence-corrected chi connectivity index (χ3v) is 7.94. The Kier molecular flexibility index (Phi) is 7.26. The van der Waals surface area contributed by atoms with Crippen LogP contribution in [0.2, 0.25) is 0 Å². The van der Waals surface area contributed by atoms with E-state index >= 15 is 0 Å². The standard InChI is InChI=1S/C28H25N3O8S/c1-18(2)21-12-20(37-16-26(33)38-15-19-8-4-3-5-9-19)13-22-27(21)28(34)31(40(22,35)36)17-39-24-14-25(32)30-11-7-6-10-23(30)29-24/h3-14,18H,15-17H2,1-2H3. The van der Waals surface area contributed by atoms with Crippen LogP contribution in [-0.2, 0) is 26.2 Å². The molecule has 0 spiro atoms. The monoisotopic (exact) mass is 563 g/mol. The normalized spacial score (nSPS) is 13.9. The molecular formula is C28H25N3O8S. The van der Waals surface area contributed by atoms with Crippen LogP contribution in [0.1, 0.15) is 41.3 Å². The fraction of sp³-hybridized carbons (Fsp3) is 0.214. The summed E-state index contributed by atoms with van der Waals surface area (Å²) in [6.45, 7) is 2.54. The summed E-state index contributed by atoms with van der Waals surface area (Å²) < 4.78 is 45.0. The minimum atomic E-state index is -4.33. The first-order valence-electron chi connectivity index (χ1n) is 12.3. The van der Waals surface area contributed by atoms with E-state index in [2.05, 4.69) is 4.98 Å². The molecule has 0 aliphatic carbocycles. The fourth-order valence-electron chi connectivity index (χ4n) is 4.21. The highest BCUT2D eigenvalue weighted by Crippen LogP contribution is 2.38. The molecule has 0 atom stereocenters. The molecule has 3 heterocycles. The summed E-state index contributed by atoms with van der Waals surface area (Å²) in [5.74, 6) is -1.68. The molecule has 0 saturated heterocycles. The number of pyridine rings is 1. The van der Waals surface area contributed by atoms with Crippen LogP contribution in [0.25, 0.3) is 5.65 Å². The number of amides is 1. The summed E-state index contributed by atoms with van der Waals surface area (Å²) in [6, 6.07) is 17.9. The lowest BCUT2D eigenvalue weighted by Gasteiger charge is -2.15. The maximum atomic E-state index is 13.4. The van der Waals surface area contributed by atoms with Gasteiger partial charge in [0, 0.05) is 12.3 Å². The van der Waals surface area contributed by atoms with Crippen molar-refractivity contribution in [1.82, 2.24) is 13.7 Å². The molecule has 0 fully saturated rings. The van der Waals surface area contributed by atoms with Crippen molar-refractivity contribution in [3.63, 3.8) is 0 Å². The Morgan fingerprint density at radius 1 is 0.975 bits per heavy atom. The molecule has 1 amide bonds. The summed E-state index contributed by atoms with van der Waals surface area (Å²) in [7, 11) is -4.33. The first-order valence-corrected chi connectivity index (χ1v) is 13.8. The number of sulfonamides is 1. The van der Waals surface area contributed by atoms with E-state index in [4.69, 9.17) is 14.2 Å². The van der Waals surface area contributed by atoms with Gasteiger partial charge in [0.15, 0.2) is 13.3 Å². The number of aromatic nitrogens is 2. The van der Waals surface area contributed by atoms with E-state index in [1.165, 1.54) is 22.7 Å². The molecular weight excluding hydrogens is 538 g/mol. The third kappa shape index (κ3) is 5.25. The summed E-state index contributed by atoms with van der Waals surface area (Å²) in [6.07, 6.45) is 1.54. The van der Waals surface area contributed by atoms with Gasteiger partial charge in [0.2, 0.25) is 5.88 Å². The van der Waals surface area contributed by atoms with Gasteiger partial charge in [-0.25, -0.2) is 13.2 Å². The number of hydrogen-bond acceptors (Lipinski definition) is 9. The topological polar surface area (TPSA) is 134 Å². The largest absolute Gasteiger partial charge is 0.482 e. The third-order valence-electron chi connectivity index (χ3n) is 6.21. The van der Waals surface area contributed by atoms with Crippen LogP contribution >= 0.6 is 0 Å². The van der Waals surface area contributed by atoms with Crippen LogP contribution in [0, 0.1) is 0 Å². The van der Waals surface area contributed by atoms with Crippen LogP contribution in [0.4, 0.5) is 0 Å². The van der Waals surface area contributed by atoms with Gasteiger partial charge in [0.1, 0.15) is 22.9 Å². The van der Waals surface area contributed by atoms with Crippen LogP contribution in [0.3, 0.4) is 0 Å². The van der Waals surface area contributed by atoms with Gasteiger partial charge in [-0.05, 0) is 35.2 Å². The van der Waals surface area contributed by atoms with Crippen LogP contribution in [-0.4, -0.2) is 47.3 Å². The van der Waals surface area contributed by atoms with Gasteiger partial charge in [-0.3, -0.25) is 14.0 Å². The molecule has 12 heteroatoms. The Hall–Kier alpha value is -4.71. The van der Waals surface area contributed by atoms with Crippen LogP contribution in [0.5, 0.6) is 11.6 Å². The average Bonchev–Trinajstić information content (AvgIpc) is 3.13. The molecule has 0 unspecified atom stereocenters. The van der Waals surface area contributed by atoms with Gasteiger partial charge in [0.05, 0.1) is 11.6 Å². The van der Waals surface area contributed by atoms with Crippen LogP contribution < -0.4 is 15.0 Å². The van der Waals surface area contributed by atoms with E-state index in [0.29, 0.717) is 15.5 Å². The molecule has 206 valence electrons. The molecule has 2 aromatic carbocycles. The predicted octanol–water partition coefficient (Wildman–Crippen LogP) is 3.12. The van der Waals surface area contributed by atoms with E-state index in [9.17, 15) is 22.8 Å². The van der Waals surface area contributed by atoms with Gasteiger partial charge in [0.25, 0.3) is 21.5 Å². The van der Waals surface area contributed by atoms with E-state index in [-0.39, 0.29) is 34.6 Å². The number of carbonyl (C=O) groups is 2. The second-order valence-corrected chi connectivity index (χ2v) is 11.1. The summed E-state index contributed by atoms with van der Waals surface area (Å²) in [5.41, 5.74) is 1.12. The molecule has 1 aliphatic heterocycles. The molecule has 1 aliphatic rings. The second-order valence-electron chi connectivity index (χ2n) is 9.27. The highest BCUT2D eigenvalue weighted by atomic mass is 32.2. The number of rotatable bonds is 9. The number of carbonyl (C=O) groups excluding carboxylic acids is 2. The number of nitrogens with zero attached hydrogens (tertiary/aromatic N) is 3. The summed E-state index contributed by atoms with van der Waals surface area (Å²) in [4.78, 5) is 41.8. The number of ether oxygens (including phenoxy) is 3. The van der Waals surface area contributed by atoms with Crippen molar-refractivity contribution in [3.05, 3.63) is 100.0 Å². The quantitative estimate of drug-likeness (QED) is 0.282. The highest BCUT2D eigenvalue weighted by Gasteiger charge is 2.44. The molecule has 4 aromatic rings. The Bertz CT molecular complexity index is 1770. The van der Waals surface area contributed by atoms with Gasteiger partial charge in [-0.15, -0.1) is 0 Å². The molecule has 0 N–H and O–H groups in total. The minimum absolute atomic E-state index is 0.00384. The van der Waals surface area contributed by atoms with E-state index in [0.717, 1.165) is 11.6 Å². The molecule has 2 aromatic heterocycles. The summed E-state index contributed by atoms with van der Waals surface area (Å²) >= 11 is 0. The molecule has 0 radical (unpaired) electrons. The molecule has 5 rings (SSSR count). The first-order chi connectivity index (χ1) is 19.1. The molecule has 0 bridgehead atoms. The first kappa shape index (κ1) is 26.9. The minimum Gasteiger partial charge on any atom is -0.482 e. The van der Waals surface area contributed by atoms with Crippen molar-refractivity contribution in [3.8, 4) is 11.6 Å². The maximum Gasteiger partial charge on any atom is 0.344 e. The van der Waals surface area contributed by atoms with Gasteiger partial charge in [-0.1, -0.05) is 50.2 Å². The fourth-order valence-corrected chi connectivity index (χ4v) is 5.68. The average molecular weight is 564 g/mol. The van der Waals surface area contributed by atoms with Crippen molar-refractivity contribution < 1.29 is 32.2 Å². The maximum absolute atomic E-state index is 13.4. The van der Waals surface area contributed by atoms with E-state index < -0.39 is 40.8 Å². The van der Waals surface area contributed by atoms with Crippen molar-refractivity contribution in [2.75, 3.05) is 13.3 Å². The zero-order valence-corrected chi connectivity index (χ0v) is 22.5. The Morgan fingerprint density at radius 3 is 2.48 bits per heavy atom. The lowest BCUT2D eigenvalue weighted by molar-refractivity contribution is -0.147. The smallest absolute Gasteiger partial charge is 0.344 e. The molecule has 0 saturated carbocycles. The van der Waals surface area contributed by atoms with Crippen LogP contribution in [0.15, 0.2) is 82.6 Å². The lowest BCUT2D eigenvalue weighted by Crippen LogP contribution is -2.34. The Labute approximate surface area is 229 Å². The molecule has 40 heavy (non-hydrogen) atoms. The van der Waals surface area contributed by atoms with Crippen molar-refractivity contribution in [2.45, 2.75) is 31.3 Å². The Balaban J connectivity index is 1.34. The van der Waals surface area contributed by atoms with Gasteiger partial charge >= 0.3 is 5.97 Å². The van der Waals surface area contributed by atoms with Crippen molar-refractivity contribution in [1.29, 1.82) is 0 Å². The highest BCUT2D eigenvalue weighted by molar-refractivity contribution is 7.90. The van der Waals surface area contributed by atoms with Crippen molar-refractivity contribution >= 4 is 27.5 Å². The molecule has 11 nitrogen and oxygen atoms in total. The Morgan fingerprint density at radius 2 is 1.73 bits per heavy atom. The van der Waals surface area contributed by atoms with E-state index in [1.807, 2.05) is 30.3 Å². The number of fused-ring (bicyclic) bond motifs is 2. The zero-order valence-electron chi connectivity index (χ0n) is 21.6. The lowest BCUT2D eigenvalue weighted by atomic mass is 9.96. The predicted molar refractivity (Wildman–Crippen MR) is 143 cm³/mol. The second kappa shape index (κ2) is 10.8. The van der Waals surface area contributed by atoms with Gasteiger partial charge in [-0.2, -0.15) is 9.29 Å². The number of hydrogen-bond donors (Lipinski definition) is 0. The number of benzene rings is 2. The zero-order chi connectivity index (χ0) is 28.4.